The molecule has 2 N–H and O–H groups in total. The van der Waals surface area contributed by atoms with Crippen molar-refractivity contribution in [2.24, 2.45) is 0 Å². The molecule has 11 heteroatoms. The number of para-hydroxylation sites is 1. The van der Waals surface area contributed by atoms with Crippen molar-refractivity contribution in [1.82, 2.24) is 5.32 Å². The number of carboxylic acids is 1. The zero-order valence-electron chi connectivity index (χ0n) is 23.7. The standard InChI is InChI=1S/C34H28ClF3N2O5/c35-29(18-21-14-16-22(17-15-21)34(36,37)38)31(32(43)40(19-30(41)42)23-8-2-1-3-9-23)39-33(44)45-20-28-26-12-6-4-10-24(26)25-11-5-7-13-27(25)28/h1-17,28-29,31H,18-20H2,(H,39,44)(H,41,42)/t29?,31-/m1/s1. The molecule has 0 saturated heterocycles. The van der Waals surface area contributed by atoms with Gasteiger partial charge in [0.15, 0.2) is 0 Å². The van der Waals surface area contributed by atoms with E-state index in [1.807, 2.05) is 48.5 Å². The average Bonchev–Trinajstić information content (AvgIpc) is 3.35. The van der Waals surface area contributed by atoms with E-state index in [4.69, 9.17) is 16.3 Å². The molecule has 2 atom stereocenters. The van der Waals surface area contributed by atoms with Crippen molar-refractivity contribution < 1.29 is 37.4 Å². The van der Waals surface area contributed by atoms with Crippen molar-refractivity contribution in [3.05, 3.63) is 125 Å². The summed E-state index contributed by atoms with van der Waals surface area (Å²) in [6.07, 6.45) is -5.61. The number of nitrogens with one attached hydrogen (secondary N) is 1. The number of anilines is 1. The summed E-state index contributed by atoms with van der Waals surface area (Å²) in [5.41, 5.74) is 3.79. The maximum absolute atomic E-state index is 13.9. The summed E-state index contributed by atoms with van der Waals surface area (Å²) in [5.74, 6) is -2.39. The molecule has 0 radical (unpaired) electrons. The van der Waals surface area contributed by atoms with Crippen LogP contribution in [0.1, 0.15) is 28.2 Å². The first kappa shape index (κ1) is 31.6. The third kappa shape index (κ3) is 7.29. The summed E-state index contributed by atoms with van der Waals surface area (Å²) in [6, 6.07) is 26.3. The van der Waals surface area contributed by atoms with Crippen molar-refractivity contribution in [2.45, 2.75) is 29.9 Å². The van der Waals surface area contributed by atoms with Gasteiger partial charge < -0.3 is 15.2 Å². The Hall–Kier alpha value is -4.83. The number of amides is 2. The van der Waals surface area contributed by atoms with Gasteiger partial charge in [0.25, 0.3) is 5.91 Å². The molecule has 1 aliphatic rings. The number of alkyl carbamates (subject to hydrolysis) is 1. The van der Waals surface area contributed by atoms with E-state index >= 15 is 0 Å². The van der Waals surface area contributed by atoms with Gasteiger partial charge in [-0.15, -0.1) is 11.6 Å². The number of hydrogen-bond donors (Lipinski definition) is 2. The van der Waals surface area contributed by atoms with Crippen molar-refractivity contribution in [1.29, 1.82) is 0 Å². The summed E-state index contributed by atoms with van der Waals surface area (Å²) in [6.45, 7) is -0.778. The smallest absolute Gasteiger partial charge is 0.416 e. The van der Waals surface area contributed by atoms with E-state index in [9.17, 15) is 32.7 Å². The van der Waals surface area contributed by atoms with Crippen LogP contribution in [0.5, 0.6) is 0 Å². The molecular formula is C34H28ClF3N2O5. The van der Waals surface area contributed by atoms with Gasteiger partial charge in [-0.2, -0.15) is 13.2 Å². The van der Waals surface area contributed by atoms with Gasteiger partial charge in [0.2, 0.25) is 0 Å². The molecule has 232 valence electrons. The highest BCUT2D eigenvalue weighted by molar-refractivity contribution is 6.24. The molecule has 0 fully saturated rings. The van der Waals surface area contributed by atoms with Crippen LogP contribution in [0.3, 0.4) is 0 Å². The molecular weight excluding hydrogens is 609 g/mol. The number of carbonyl (C=O) groups is 3. The lowest BCUT2D eigenvalue weighted by atomic mass is 9.98. The molecule has 5 rings (SSSR count). The van der Waals surface area contributed by atoms with E-state index in [-0.39, 0.29) is 24.6 Å². The van der Waals surface area contributed by atoms with E-state index in [0.29, 0.717) is 5.56 Å². The molecule has 4 aromatic rings. The van der Waals surface area contributed by atoms with E-state index < -0.39 is 47.7 Å². The average molecular weight is 637 g/mol. The van der Waals surface area contributed by atoms with Crippen LogP contribution in [0.15, 0.2) is 103 Å². The van der Waals surface area contributed by atoms with Crippen molar-refractivity contribution in [3.8, 4) is 11.1 Å². The zero-order chi connectivity index (χ0) is 32.1. The third-order valence-corrected chi connectivity index (χ3v) is 7.99. The Balaban J connectivity index is 1.38. The second kappa shape index (κ2) is 13.4. The Morgan fingerprint density at radius 1 is 0.844 bits per heavy atom. The molecule has 0 aliphatic heterocycles. The van der Waals surface area contributed by atoms with Crippen LogP contribution in [-0.4, -0.2) is 47.6 Å². The number of nitrogens with zero attached hydrogens (tertiary/aromatic N) is 1. The second-order valence-electron chi connectivity index (χ2n) is 10.5. The lowest BCUT2D eigenvalue weighted by Crippen LogP contribution is -2.55. The molecule has 0 bridgehead atoms. The highest BCUT2D eigenvalue weighted by Crippen LogP contribution is 2.44. The Bertz CT molecular complexity index is 1640. The van der Waals surface area contributed by atoms with Crippen molar-refractivity contribution in [3.63, 3.8) is 0 Å². The molecule has 45 heavy (non-hydrogen) atoms. The Labute approximate surface area is 262 Å². The monoisotopic (exact) mass is 636 g/mol. The van der Waals surface area contributed by atoms with Crippen LogP contribution in [0, 0.1) is 0 Å². The SMILES string of the molecule is O=C(O)CN(C(=O)[C@H](NC(=O)OCC1c2ccccc2-c2ccccc21)C(Cl)Cc1ccc(C(F)(F)F)cc1)c1ccccc1. The van der Waals surface area contributed by atoms with E-state index in [1.165, 1.54) is 24.3 Å². The Morgan fingerprint density at radius 3 is 1.96 bits per heavy atom. The minimum atomic E-state index is -4.53. The maximum atomic E-state index is 13.9. The molecule has 1 unspecified atom stereocenters. The number of rotatable bonds is 10. The van der Waals surface area contributed by atoms with Gasteiger partial charge in [-0.25, -0.2) is 4.79 Å². The number of fused-ring (bicyclic) bond motifs is 3. The summed E-state index contributed by atoms with van der Waals surface area (Å²) < 4.78 is 44.9. The molecule has 0 heterocycles. The summed E-state index contributed by atoms with van der Waals surface area (Å²) in [4.78, 5) is 39.8. The number of halogens is 4. The summed E-state index contributed by atoms with van der Waals surface area (Å²) in [7, 11) is 0. The lowest BCUT2D eigenvalue weighted by Gasteiger charge is -2.29. The van der Waals surface area contributed by atoms with Gasteiger partial charge in [-0.1, -0.05) is 78.9 Å². The summed E-state index contributed by atoms with van der Waals surface area (Å²) in [5, 5.41) is 10.9. The second-order valence-corrected chi connectivity index (χ2v) is 11.1. The van der Waals surface area contributed by atoms with Gasteiger partial charge in [-0.05, 0) is 58.5 Å². The predicted molar refractivity (Wildman–Crippen MR) is 163 cm³/mol. The van der Waals surface area contributed by atoms with Gasteiger partial charge in [0.1, 0.15) is 19.2 Å². The highest BCUT2D eigenvalue weighted by atomic mass is 35.5. The fourth-order valence-electron chi connectivity index (χ4n) is 5.45. The zero-order valence-corrected chi connectivity index (χ0v) is 24.5. The van der Waals surface area contributed by atoms with Crippen molar-refractivity contribution >= 4 is 35.3 Å². The predicted octanol–water partition coefficient (Wildman–Crippen LogP) is 6.88. The maximum Gasteiger partial charge on any atom is 0.416 e. The molecule has 7 nitrogen and oxygen atoms in total. The number of hydrogen-bond acceptors (Lipinski definition) is 4. The number of alkyl halides is 4. The van der Waals surface area contributed by atoms with Gasteiger partial charge >= 0.3 is 18.2 Å². The van der Waals surface area contributed by atoms with E-state index in [0.717, 1.165) is 39.3 Å². The molecule has 4 aromatic carbocycles. The molecule has 0 aromatic heterocycles. The van der Waals surface area contributed by atoms with Crippen LogP contribution in [0.2, 0.25) is 0 Å². The normalized spacial score (nSPS) is 13.7. The number of carbonyl (C=O) groups excluding carboxylic acids is 2. The fourth-order valence-corrected chi connectivity index (χ4v) is 5.80. The minimum absolute atomic E-state index is 0.0514. The van der Waals surface area contributed by atoms with Crippen molar-refractivity contribution in [2.75, 3.05) is 18.1 Å². The Morgan fingerprint density at radius 2 is 1.40 bits per heavy atom. The lowest BCUT2D eigenvalue weighted by molar-refractivity contribution is -0.138. The minimum Gasteiger partial charge on any atom is -0.480 e. The first-order valence-corrected chi connectivity index (χ1v) is 14.5. The molecule has 2 amide bonds. The third-order valence-electron chi connectivity index (χ3n) is 7.58. The van der Waals surface area contributed by atoms with E-state index in [2.05, 4.69) is 5.32 Å². The van der Waals surface area contributed by atoms with Crippen LogP contribution in [0.25, 0.3) is 11.1 Å². The van der Waals surface area contributed by atoms with Crippen LogP contribution in [-0.2, 0) is 26.9 Å². The van der Waals surface area contributed by atoms with Crippen LogP contribution >= 0.6 is 11.6 Å². The largest absolute Gasteiger partial charge is 0.480 e. The number of aliphatic carboxylic acids is 1. The first-order valence-electron chi connectivity index (χ1n) is 14.0. The number of benzene rings is 4. The molecule has 1 aliphatic carbocycles. The van der Waals surface area contributed by atoms with Gasteiger partial charge in [-0.3, -0.25) is 14.5 Å². The highest BCUT2D eigenvalue weighted by Gasteiger charge is 2.36. The fraction of sp³-hybridized carbons (Fsp3) is 0.206. The molecule has 0 saturated carbocycles. The number of carboxylic acid groups (broad SMARTS) is 1. The quantitative estimate of drug-likeness (QED) is 0.185. The summed E-state index contributed by atoms with van der Waals surface area (Å²) >= 11 is 6.69. The first-order chi connectivity index (χ1) is 21.5. The van der Waals surface area contributed by atoms with Crippen LogP contribution in [0.4, 0.5) is 23.7 Å². The van der Waals surface area contributed by atoms with Gasteiger partial charge in [0.05, 0.1) is 10.9 Å². The van der Waals surface area contributed by atoms with E-state index in [1.54, 1.807) is 18.2 Å². The van der Waals surface area contributed by atoms with Crippen LogP contribution < -0.4 is 10.2 Å². The topological polar surface area (TPSA) is 95.9 Å². The number of ether oxygens (including phenoxy) is 1. The molecule has 0 spiro atoms. The van der Waals surface area contributed by atoms with Gasteiger partial charge in [0, 0.05) is 11.6 Å². The Kier molecular flexibility index (Phi) is 9.43.